The third kappa shape index (κ3) is 4.04. The Kier molecular flexibility index (Phi) is 5.75. The summed E-state index contributed by atoms with van der Waals surface area (Å²) < 4.78 is 5.51. The van der Waals surface area contributed by atoms with E-state index in [0.717, 1.165) is 11.3 Å². The number of fused-ring (bicyclic) bond motifs is 1. The Labute approximate surface area is 170 Å². The molecule has 2 aromatic rings. The molecule has 0 spiro atoms. The number of ether oxygens (including phenoxy) is 1. The monoisotopic (exact) mass is 397 g/mol. The third-order valence-corrected chi connectivity index (χ3v) is 5.17. The Morgan fingerprint density at radius 2 is 2.04 bits per heavy atom. The highest BCUT2D eigenvalue weighted by molar-refractivity contribution is 6.30. The molecule has 0 aliphatic carbocycles. The predicted octanol–water partition coefficient (Wildman–Crippen LogP) is 4.44. The normalized spacial score (nSPS) is 16.5. The number of hydrogen-bond donors (Lipinski definition) is 1. The molecule has 28 heavy (non-hydrogen) atoms. The van der Waals surface area contributed by atoms with Crippen LogP contribution in [0.1, 0.15) is 25.0 Å². The van der Waals surface area contributed by atoms with E-state index < -0.39 is 0 Å². The van der Waals surface area contributed by atoms with E-state index in [1.54, 1.807) is 24.4 Å². The Bertz CT molecular complexity index is 951. The lowest BCUT2D eigenvalue weighted by atomic mass is 9.84. The van der Waals surface area contributed by atoms with Crippen molar-refractivity contribution in [3.05, 3.63) is 70.4 Å². The van der Waals surface area contributed by atoms with Crippen LogP contribution in [0.25, 0.3) is 0 Å². The minimum atomic E-state index is -0.327. The highest BCUT2D eigenvalue weighted by Gasteiger charge is 2.37. The van der Waals surface area contributed by atoms with E-state index in [4.69, 9.17) is 16.3 Å². The zero-order valence-electron chi connectivity index (χ0n) is 16.5. The van der Waals surface area contributed by atoms with E-state index in [9.17, 15) is 4.79 Å². The molecular formula is C22H24ClN3O2. The van der Waals surface area contributed by atoms with Gasteiger partial charge in [0.05, 0.1) is 0 Å². The number of likely N-dealkylation sites (N-methyl/N-ethyl adjacent to an activating group) is 1. The van der Waals surface area contributed by atoms with Crippen LogP contribution in [0.2, 0.25) is 5.02 Å². The number of carbonyl (C=O) groups excluding carboxylic acids is 1. The number of hydrogen-bond acceptors (Lipinski definition) is 4. The number of nitrogens with zero attached hydrogens (tertiary/aromatic N) is 2. The SMILES string of the molecule is Cc1cc(Cl)ccc1OCC(=O)N/N=C/C=C1/N(C)c2ccccc2C1(C)C. The van der Waals surface area contributed by atoms with Crippen LogP contribution in [0.15, 0.2) is 59.3 Å². The fraction of sp³-hybridized carbons (Fsp3) is 0.273. The molecular weight excluding hydrogens is 374 g/mol. The van der Waals surface area contributed by atoms with Crippen molar-refractivity contribution in [1.82, 2.24) is 5.43 Å². The number of nitrogens with one attached hydrogen (secondary N) is 1. The summed E-state index contributed by atoms with van der Waals surface area (Å²) in [6.45, 7) is 6.11. The van der Waals surface area contributed by atoms with Gasteiger partial charge in [0.1, 0.15) is 5.75 Å². The van der Waals surface area contributed by atoms with Crippen LogP contribution in [-0.4, -0.2) is 25.8 Å². The molecule has 0 radical (unpaired) electrons. The van der Waals surface area contributed by atoms with Crippen molar-refractivity contribution in [2.45, 2.75) is 26.2 Å². The van der Waals surface area contributed by atoms with Gasteiger partial charge in [-0.3, -0.25) is 4.79 Å². The minimum Gasteiger partial charge on any atom is -0.483 e. The Balaban J connectivity index is 1.58. The summed E-state index contributed by atoms with van der Waals surface area (Å²) in [6.07, 6.45) is 3.52. The fourth-order valence-corrected chi connectivity index (χ4v) is 3.70. The maximum Gasteiger partial charge on any atom is 0.277 e. The average molecular weight is 398 g/mol. The molecule has 146 valence electrons. The highest BCUT2D eigenvalue weighted by atomic mass is 35.5. The number of rotatable bonds is 5. The third-order valence-electron chi connectivity index (χ3n) is 4.93. The molecule has 2 aromatic carbocycles. The van der Waals surface area contributed by atoms with Crippen molar-refractivity contribution in [2.75, 3.05) is 18.6 Å². The second-order valence-electron chi connectivity index (χ2n) is 7.26. The number of halogens is 1. The first-order valence-corrected chi connectivity index (χ1v) is 9.43. The summed E-state index contributed by atoms with van der Waals surface area (Å²) in [5.74, 6) is 0.295. The average Bonchev–Trinajstić information content (AvgIpc) is 2.85. The summed E-state index contributed by atoms with van der Waals surface area (Å²) >= 11 is 5.92. The molecule has 0 aromatic heterocycles. The van der Waals surface area contributed by atoms with E-state index in [1.807, 2.05) is 32.2 Å². The number of amides is 1. The van der Waals surface area contributed by atoms with Gasteiger partial charge in [0.15, 0.2) is 6.61 Å². The number of hydrazone groups is 1. The second-order valence-corrected chi connectivity index (χ2v) is 7.70. The van der Waals surface area contributed by atoms with Crippen LogP contribution in [-0.2, 0) is 10.2 Å². The van der Waals surface area contributed by atoms with Crippen molar-refractivity contribution in [3.63, 3.8) is 0 Å². The van der Waals surface area contributed by atoms with Crippen LogP contribution >= 0.6 is 11.6 Å². The number of anilines is 1. The molecule has 0 unspecified atom stereocenters. The zero-order valence-corrected chi connectivity index (χ0v) is 17.2. The van der Waals surface area contributed by atoms with Crippen molar-refractivity contribution in [1.29, 1.82) is 0 Å². The molecule has 1 aliphatic heterocycles. The van der Waals surface area contributed by atoms with Crippen molar-refractivity contribution >= 4 is 29.4 Å². The second kappa shape index (κ2) is 8.07. The maximum atomic E-state index is 12.0. The van der Waals surface area contributed by atoms with E-state index in [0.29, 0.717) is 10.8 Å². The molecule has 1 aliphatic rings. The molecule has 1 N–H and O–H groups in total. The molecule has 0 atom stereocenters. The first-order valence-electron chi connectivity index (χ1n) is 9.05. The fourth-order valence-electron chi connectivity index (χ4n) is 3.47. The van der Waals surface area contributed by atoms with Gasteiger partial charge in [0, 0.05) is 35.1 Å². The largest absolute Gasteiger partial charge is 0.483 e. The predicted molar refractivity (Wildman–Crippen MR) is 114 cm³/mol. The quantitative estimate of drug-likeness (QED) is 0.599. The molecule has 3 rings (SSSR count). The Hall–Kier alpha value is -2.79. The van der Waals surface area contributed by atoms with Gasteiger partial charge in [-0.25, -0.2) is 5.43 Å². The number of allylic oxidation sites excluding steroid dienone is 2. The number of carbonyl (C=O) groups is 1. The van der Waals surface area contributed by atoms with Gasteiger partial charge in [-0.05, 0) is 48.4 Å². The lowest BCUT2D eigenvalue weighted by molar-refractivity contribution is -0.123. The summed E-state index contributed by atoms with van der Waals surface area (Å²) in [5, 5.41) is 4.65. The summed E-state index contributed by atoms with van der Waals surface area (Å²) in [7, 11) is 2.04. The van der Waals surface area contributed by atoms with Gasteiger partial charge in [0.2, 0.25) is 0 Å². The van der Waals surface area contributed by atoms with Crippen molar-refractivity contribution < 1.29 is 9.53 Å². The van der Waals surface area contributed by atoms with Crippen LogP contribution in [0.3, 0.4) is 0 Å². The van der Waals surface area contributed by atoms with Gasteiger partial charge in [-0.1, -0.05) is 43.6 Å². The topological polar surface area (TPSA) is 53.9 Å². The van der Waals surface area contributed by atoms with E-state index in [2.05, 4.69) is 41.4 Å². The van der Waals surface area contributed by atoms with E-state index >= 15 is 0 Å². The number of aryl methyl sites for hydroxylation is 1. The zero-order chi connectivity index (χ0) is 20.3. The minimum absolute atomic E-state index is 0.118. The van der Waals surface area contributed by atoms with Gasteiger partial charge in [-0.2, -0.15) is 5.10 Å². The Morgan fingerprint density at radius 3 is 2.75 bits per heavy atom. The number of benzene rings is 2. The van der Waals surface area contributed by atoms with Crippen molar-refractivity contribution in [3.8, 4) is 5.75 Å². The highest BCUT2D eigenvalue weighted by Crippen LogP contribution is 2.46. The molecule has 1 heterocycles. The molecule has 5 nitrogen and oxygen atoms in total. The summed E-state index contributed by atoms with van der Waals surface area (Å²) in [5.41, 5.74) is 6.80. The van der Waals surface area contributed by atoms with Gasteiger partial charge in [0.25, 0.3) is 5.91 Å². The molecule has 0 saturated carbocycles. The van der Waals surface area contributed by atoms with Crippen LogP contribution < -0.4 is 15.1 Å². The smallest absolute Gasteiger partial charge is 0.277 e. The molecule has 6 heteroatoms. The van der Waals surface area contributed by atoms with Gasteiger partial charge < -0.3 is 9.64 Å². The summed E-state index contributed by atoms with van der Waals surface area (Å²) in [6, 6.07) is 13.6. The van der Waals surface area contributed by atoms with Crippen LogP contribution in [0.5, 0.6) is 5.75 Å². The van der Waals surface area contributed by atoms with Crippen LogP contribution in [0.4, 0.5) is 5.69 Å². The molecule has 0 saturated heterocycles. The first kappa shape index (κ1) is 20.0. The van der Waals surface area contributed by atoms with Crippen molar-refractivity contribution in [2.24, 2.45) is 5.10 Å². The van der Waals surface area contributed by atoms with E-state index in [1.165, 1.54) is 11.3 Å². The molecule has 1 amide bonds. The molecule has 0 fully saturated rings. The maximum absolute atomic E-state index is 12.0. The first-order chi connectivity index (χ1) is 13.3. The standard InChI is InChI=1S/C22H24ClN3O2/c1-15-13-16(23)9-10-19(15)28-14-21(27)25-24-12-11-20-22(2,3)17-7-5-6-8-18(17)26(20)4/h5-13H,14H2,1-4H3,(H,25,27)/b20-11+,24-12+. The van der Waals surface area contributed by atoms with Gasteiger partial charge in [-0.15, -0.1) is 0 Å². The van der Waals surface area contributed by atoms with Crippen LogP contribution in [0, 0.1) is 6.92 Å². The lowest BCUT2D eigenvalue weighted by Crippen LogP contribution is -2.25. The lowest BCUT2D eigenvalue weighted by Gasteiger charge is -2.23. The Morgan fingerprint density at radius 1 is 1.29 bits per heavy atom. The van der Waals surface area contributed by atoms with Gasteiger partial charge >= 0.3 is 0 Å². The summed E-state index contributed by atoms with van der Waals surface area (Å²) in [4.78, 5) is 14.1. The number of para-hydroxylation sites is 1. The van der Waals surface area contributed by atoms with E-state index in [-0.39, 0.29) is 17.9 Å². The molecule has 0 bridgehead atoms.